The number of hydrogen-bond acceptors (Lipinski definition) is 4. The van der Waals surface area contributed by atoms with Crippen molar-refractivity contribution in [3.8, 4) is 11.5 Å². The third kappa shape index (κ3) is 2.76. The van der Waals surface area contributed by atoms with Crippen molar-refractivity contribution in [2.45, 2.75) is 26.8 Å². The Bertz CT molecular complexity index is 448. The number of nitrogens with one attached hydrogen (secondary N) is 1. The summed E-state index contributed by atoms with van der Waals surface area (Å²) in [6.07, 6.45) is 0. The normalized spacial score (nSPS) is 13.9. The van der Waals surface area contributed by atoms with Gasteiger partial charge in [0.15, 0.2) is 17.3 Å². The molecule has 1 heterocycles. The van der Waals surface area contributed by atoms with Crippen molar-refractivity contribution in [3.63, 3.8) is 0 Å². The van der Waals surface area contributed by atoms with Crippen molar-refractivity contribution < 1.29 is 14.3 Å². The number of benzene rings is 1. The second-order valence-corrected chi connectivity index (χ2v) is 4.17. The van der Waals surface area contributed by atoms with Crippen molar-refractivity contribution in [1.29, 1.82) is 0 Å². The van der Waals surface area contributed by atoms with E-state index in [0.29, 0.717) is 11.3 Å². The third-order valence-corrected chi connectivity index (χ3v) is 2.85. The summed E-state index contributed by atoms with van der Waals surface area (Å²) in [5.41, 5.74) is 1.60. The first-order valence-corrected chi connectivity index (χ1v) is 5.81. The van der Waals surface area contributed by atoms with Crippen LogP contribution in [0.2, 0.25) is 0 Å². The van der Waals surface area contributed by atoms with E-state index in [-0.39, 0.29) is 31.0 Å². The van der Waals surface area contributed by atoms with Crippen molar-refractivity contribution in [2.75, 3.05) is 13.3 Å². The number of Topliss-reactive ketones (excluding diaryl/α,β-unsaturated/α-hetero) is 1. The minimum atomic E-state index is -0.181. The zero-order chi connectivity index (χ0) is 12.4. The molecule has 0 aromatic heterocycles. The first-order valence-electron chi connectivity index (χ1n) is 5.81. The highest BCUT2D eigenvalue weighted by Crippen LogP contribution is 2.36. The Hall–Kier alpha value is -1.26. The Kier molecular flexibility index (Phi) is 4.99. The van der Waals surface area contributed by atoms with Gasteiger partial charge in [-0.25, -0.2) is 0 Å². The molecular formula is C13H18ClNO3. The van der Waals surface area contributed by atoms with E-state index in [4.69, 9.17) is 9.47 Å². The van der Waals surface area contributed by atoms with Gasteiger partial charge >= 0.3 is 0 Å². The predicted octanol–water partition coefficient (Wildman–Crippen LogP) is 2.33. The Morgan fingerprint density at radius 2 is 2.17 bits per heavy atom. The van der Waals surface area contributed by atoms with Gasteiger partial charge in [0.2, 0.25) is 6.79 Å². The first-order chi connectivity index (χ1) is 8.13. The predicted molar refractivity (Wildman–Crippen MR) is 72.0 cm³/mol. The molecular weight excluding hydrogens is 254 g/mol. The van der Waals surface area contributed by atoms with E-state index in [1.54, 1.807) is 6.07 Å². The number of carbonyl (C=O) groups is 1. The van der Waals surface area contributed by atoms with E-state index in [2.05, 4.69) is 5.32 Å². The zero-order valence-corrected chi connectivity index (χ0v) is 11.6. The van der Waals surface area contributed by atoms with E-state index in [1.165, 1.54) is 0 Å². The number of aryl methyl sites for hydroxylation is 1. The lowest BCUT2D eigenvalue weighted by atomic mass is 10.0. The van der Waals surface area contributed by atoms with Gasteiger partial charge in [0.05, 0.1) is 6.04 Å². The van der Waals surface area contributed by atoms with Gasteiger partial charge in [-0.15, -0.1) is 12.4 Å². The SMILES string of the molecule is CCNC(C)C(=O)c1cc(C)c2c(c1)OCO2.Cl. The van der Waals surface area contributed by atoms with Crippen LogP contribution in [0.5, 0.6) is 11.5 Å². The minimum Gasteiger partial charge on any atom is -0.454 e. The van der Waals surface area contributed by atoms with Crippen LogP contribution in [0.15, 0.2) is 12.1 Å². The summed E-state index contributed by atoms with van der Waals surface area (Å²) in [5, 5.41) is 3.11. The van der Waals surface area contributed by atoms with E-state index >= 15 is 0 Å². The molecule has 100 valence electrons. The van der Waals surface area contributed by atoms with Gasteiger partial charge in [-0.1, -0.05) is 6.92 Å². The van der Waals surface area contributed by atoms with Gasteiger partial charge in [0.25, 0.3) is 0 Å². The molecule has 1 aliphatic heterocycles. The standard InChI is InChI=1S/C13H17NO3.ClH/c1-4-14-9(3)12(15)10-5-8(2)13-11(6-10)16-7-17-13;/h5-6,9,14H,4,7H2,1-3H3;1H. The van der Waals surface area contributed by atoms with Crippen molar-refractivity contribution >= 4 is 18.2 Å². The Balaban J connectivity index is 0.00000162. The lowest BCUT2D eigenvalue weighted by Gasteiger charge is -2.12. The summed E-state index contributed by atoms with van der Waals surface area (Å²) in [7, 11) is 0. The van der Waals surface area contributed by atoms with Crippen molar-refractivity contribution in [2.24, 2.45) is 0 Å². The van der Waals surface area contributed by atoms with Crippen LogP contribution in [0.3, 0.4) is 0 Å². The fourth-order valence-corrected chi connectivity index (χ4v) is 1.98. The van der Waals surface area contributed by atoms with Crippen LogP contribution in [0, 0.1) is 6.92 Å². The molecule has 0 saturated heterocycles. The molecule has 2 rings (SSSR count). The zero-order valence-electron chi connectivity index (χ0n) is 10.8. The second-order valence-electron chi connectivity index (χ2n) is 4.17. The van der Waals surface area contributed by atoms with Gasteiger partial charge in [-0.3, -0.25) is 4.79 Å². The molecule has 18 heavy (non-hydrogen) atoms. The van der Waals surface area contributed by atoms with Crippen LogP contribution < -0.4 is 14.8 Å². The van der Waals surface area contributed by atoms with Gasteiger partial charge < -0.3 is 14.8 Å². The van der Waals surface area contributed by atoms with E-state index in [1.807, 2.05) is 26.8 Å². The summed E-state index contributed by atoms with van der Waals surface area (Å²) >= 11 is 0. The van der Waals surface area contributed by atoms with Crippen LogP contribution in [0.4, 0.5) is 0 Å². The van der Waals surface area contributed by atoms with Crippen LogP contribution in [-0.2, 0) is 0 Å². The highest BCUT2D eigenvalue weighted by atomic mass is 35.5. The van der Waals surface area contributed by atoms with E-state index < -0.39 is 0 Å². The van der Waals surface area contributed by atoms with Gasteiger partial charge in [-0.2, -0.15) is 0 Å². The molecule has 0 aliphatic carbocycles. The molecule has 0 fully saturated rings. The molecule has 1 aliphatic rings. The molecule has 0 bridgehead atoms. The number of ether oxygens (including phenoxy) is 2. The van der Waals surface area contributed by atoms with Crippen LogP contribution in [0.1, 0.15) is 29.8 Å². The van der Waals surface area contributed by atoms with Gasteiger partial charge in [-0.05, 0) is 38.1 Å². The number of halogens is 1. The molecule has 1 atom stereocenters. The number of likely N-dealkylation sites (N-methyl/N-ethyl adjacent to an activating group) is 1. The fourth-order valence-electron chi connectivity index (χ4n) is 1.98. The minimum absolute atomic E-state index is 0. The molecule has 0 spiro atoms. The maximum atomic E-state index is 12.1. The average molecular weight is 272 g/mol. The number of ketones is 1. The molecule has 1 unspecified atom stereocenters. The Labute approximate surface area is 113 Å². The first kappa shape index (κ1) is 14.8. The highest BCUT2D eigenvalue weighted by Gasteiger charge is 2.21. The Morgan fingerprint density at radius 1 is 1.44 bits per heavy atom. The summed E-state index contributed by atoms with van der Waals surface area (Å²) < 4.78 is 10.6. The maximum Gasteiger partial charge on any atom is 0.231 e. The molecule has 0 amide bonds. The van der Waals surface area contributed by atoms with E-state index in [0.717, 1.165) is 17.9 Å². The average Bonchev–Trinajstić information content (AvgIpc) is 2.77. The van der Waals surface area contributed by atoms with Crippen molar-refractivity contribution in [3.05, 3.63) is 23.3 Å². The molecule has 0 radical (unpaired) electrons. The molecule has 0 saturated carbocycles. The largest absolute Gasteiger partial charge is 0.454 e. The van der Waals surface area contributed by atoms with Crippen LogP contribution in [-0.4, -0.2) is 25.2 Å². The van der Waals surface area contributed by atoms with Crippen LogP contribution in [0.25, 0.3) is 0 Å². The summed E-state index contributed by atoms with van der Waals surface area (Å²) in [6, 6.07) is 3.43. The monoisotopic (exact) mass is 271 g/mol. The number of rotatable bonds is 4. The summed E-state index contributed by atoms with van der Waals surface area (Å²) in [5.74, 6) is 1.49. The topological polar surface area (TPSA) is 47.6 Å². The van der Waals surface area contributed by atoms with Gasteiger partial charge in [0, 0.05) is 5.56 Å². The third-order valence-electron chi connectivity index (χ3n) is 2.85. The number of hydrogen-bond donors (Lipinski definition) is 1. The highest BCUT2D eigenvalue weighted by molar-refractivity contribution is 6.00. The second kappa shape index (κ2) is 6.07. The summed E-state index contributed by atoms with van der Waals surface area (Å²) in [6.45, 7) is 6.77. The molecule has 4 nitrogen and oxygen atoms in total. The molecule has 1 aromatic carbocycles. The lowest BCUT2D eigenvalue weighted by Crippen LogP contribution is -2.33. The van der Waals surface area contributed by atoms with Crippen molar-refractivity contribution in [1.82, 2.24) is 5.32 Å². The van der Waals surface area contributed by atoms with Gasteiger partial charge in [0.1, 0.15) is 0 Å². The number of fused-ring (bicyclic) bond motifs is 1. The van der Waals surface area contributed by atoms with Crippen LogP contribution >= 0.6 is 12.4 Å². The molecule has 1 N–H and O–H groups in total. The molecule has 5 heteroatoms. The smallest absolute Gasteiger partial charge is 0.231 e. The number of carbonyl (C=O) groups excluding carboxylic acids is 1. The fraction of sp³-hybridized carbons (Fsp3) is 0.462. The summed E-state index contributed by atoms with van der Waals surface area (Å²) in [4.78, 5) is 12.1. The quantitative estimate of drug-likeness (QED) is 0.854. The maximum absolute atomic E-state index is 12.1. The Morgan fingerprint density at radius 3 is 2.83 bits per heavy atom. The van der Waals surface area contributed by atoms with E-state index in [9.17, 15) is 4.79 Å². The lowest BCUT2D eigenvalue weighted by molar-refractivity contribution is 0.0951. The molecule has 1 aromatic rings.